The summed E-state index contributed by atoms with van der Waals surface area (Å²) in [4.78, 5) is 29.4. The molecule has 0 aliphatic rings. The number of anilines is 1. The summed E-state index contributed by atoms with van der Waals surface area (Å²) in [6.07, 6.45) is 1.62. The Morgan fingerprint density at radius 3 is 2.57 bits per heavy atom. The van der Waals surface area contributed by atoms with E-state index in [0.29, 0.717) is 11.6 Å². The number of nitrogens with zero attached hydrogens (tertiary/aromatic N) is 3. The Labute approximate surface area is 177 Å². The van der Waals surface area contributed by atoms with Crippen LogP contribution in [-0.4, -0.2) is 59.0 Å². The predicted molar refractivity (Wildman–Crippen MR) is 114 cm³/mol. The molecular weight excluding hydrogens is 387 g/mol. The molecule has 30 heavy (non-hydrogen) atoms. The number of halogens is 1. The summed E-state index contributed by atoms with van der Waals surface area (Å²) in [5.74, 6) is -0.384. The van der Waals surface area contributed by atoms with Crippen molar-refractivity contribution < 1.29 is 18.5 Å². The van der Waals surface area contributed by atoms with E-state index in [9.17, 15) is 14.0 Å². The van der Waals surface area contributed by atoms with Crippen molar-refractivity contribution in [1.82, 2.24) is 15.0 Å². The third-order valence-corrected chi connectivity index (χ3v) is 5.06. The van der Waals surface area contributed by atoms with Crippen molar-refractivity contribution >= 4 is 17.6 Å². The fourth-order valence-electron chi connectivity index (χ4n) is 3.28. The van der Waals surface area contributed by atoms with E-state index in [2.05, 4.69) is 29.2 Å². The Morgan fingerprint density at radius 1 is 1.23 bits per heavy atom. The van der Waals surface area contributed by atoms with Crippen LogP contribution < -0.4 is 5.32 Å². The van der Waals surface area contributed by atoms with E-state index in [1.807, 2.05) is 6.92 Å². The number of amides is 2. The molecule has 0 bridgehead atoms. The quantitative estimate of drug-likeness (QED) is 0.602. The van der Waals surface area contributed by atoms with E-state index in [4.69, 9.17) is 4.52 Å². The minimum atomic E-state index is -0.488. The number of carbonyl (C=O) groups excluding carboxylic acids is 2. The minimum Gasteiger partial charge on any atom is -0.360 e. The fourth-order valence-corrected chi connectivity index (χ4v) is 3.28. The zero-order valence-electron chi connectivity index (χ0n) is 18.2. The second-order valence-electron chi connectivity index (χ2n) is 7.33. The largest absolute Gasteiger partial charge is 0.360 e. The minimum absolute atomic E-state index is 0.159. The molecule has 0 fully saturated rings. The second-order valence-corrected chi connectivity index (χ2v) is 7.33. The Morgan fingerprint density at radius 2 is 1.97 bits per heavy atom. The Hall–Kier alpha value is -2.74. The molecule has 1 aromatic carbocycles. The number of carbonyl (C=O) groups is 2. The van der Waals surface area contributed by atoms with Crippen molar-refractivity contribution in [3.63, 3.8) is 0 Å². The molecule has 1 aromatic heterocycles. The molecule has 1 N–H and O–H groups in total. The number of nitrogens with one attached hydrogen (secondary N) is 1. The van der Waals surface area contributed by atoms with Gasteiger partial charge >= 0.3 is 0 Å². The molecule has 1 unspecified atom stereocenters. The monoisotopic (exact) mass is 418 g/mol. The lowest BCUT2D eigenvalue weighted by atomic mass is 10.1. The van der Waals surface area contributed by atoms with Crippen LogP contribution in [0.3, 0.4) is 0 Å². The van der Waals surface area contributed by atoms with Crippen molar-refractivity contribution in [2.45, 2.75) is 46.6 Å². The van der Waals surface area contributed by atoms with Crippen LogP contribution in [0, 0.1) is 12.7 Å². The summed E-state index contributed by atoms with van der Waals surface area (Å²) < 4.78 is 18.6. The molecule has 0 aliphatic heterocycles. The Bertz CT molecular complexity index is 835. The van der Waals surface area contributed by atoms with Gasteiger partial charge in [0.25, 0.3) is 5.91 Å². The SMILES string of the molecule is CCN(CC)CCCC(C)N(CC(=O)Nc1cc(C)on1)C(=O)c1cccc(F)c1. The molecule has 7 nitrogen and oxygen atoms in total. The van der Waals surface area contributed by atoms with Crippen LogP contribution in [-0.2, 0) is 4.79 Å². The lowest BCUT2D eigenvalue weighted by molar-refractivity contribution is -0.117. The molecule has 2 aromatic rings. The van der Waals surface area contributed by atoms with E-state index in [0.717, 1.165) is 32.5 Å². The van der Waals surface area contributed by atoms with Gasteiger partial charge in [0.1, 0.15) is 18.1 Å². The van der Waals surface area contributed by atoms with E-state index >= 15 is 0 Å². The molecule has 0 radical (unpaired) electrons. The van der Waals surface area contributed by atoms with Crippen LogP contribution >= 0.6 is 0 Å². The van der Waals surface area contributed by atoms with Gasteiger partial charge in [0.2, 0.25) is 5.91 Å². The molecule has 164 valence electrons. The first-order valence-electron chi connectivity index (χ1n) is 10.4. The molecule has 8 heteroatoms. The molecule has 0 aliphatic carbocycles. The highest BCUT2D eigenvalue weighted by atomic mass is 19.1. The lowest BCUT2D eigenvalue weighted by Crippen LogP contribution is -2.44. The molecular formula is C22H31FN4O3. The maximum absolute atomic E-state index is 13.6. The molecule has 1 atom stereocenters. The maximum atomic E-state index is 13.6. The number of rotatable bonds is 11. The van der Waals surface area contributed by atoms with Crippen molar-refractivity contribution in [3.8, 4) is 0 Å². The van der Waals surface area contributed by atoms with Crippen molar-refractivity contribution in [2.24, 2.45) is 0 Å². The van der Waals surface area contributed by atoms with Gasteiger partial charge in [0, 0.05) is 17.7 Å². The highest BCUT2D eigenvalue weighted by Gasteiger charge is 2.25. The number of hydrogen-bond donors (Lipinski definition) is 1. The average Bonchev–Trinajstić information content (AvgIpc) is 3.13. The van der Waals surface area contributed by atoms with Crippen LogP contribution in [0.5, 0.6) is 0 Å². The molecule has 0 saturated heterocycles. The topological polar surface area (TPSA) is 78.7 Å². The average molecular weight is 419 g/mol. The highest BCUT2D eigenvalue weighted by molar-refractivity contribution is 5.99. The van der Waals surface area contributed by atoms with Crippen LogP contribution in [0.4, 0.5) is 10.2 Å². The van der Waals surface area contributed by atoms with Crippen LogP contribution in [0.1, 0.15) is 49.7 Å². The standard InChI is InChI=1S/C22H31FN4O3/c1-5-26(6-2)12-8-9-16(3)27(22(29)18-10-7-11-19(23)14-18)15-21(28)24-20-13-17(4)30-25-20/h7,10-11,13-14,16H,5-6,8-9,12,15H2,1-4H3,(H,24,25,28). The van der Waals surface area contributed by atoms with Gasteiger partial charge in [0.05, 0.1) is 0 Å². The predicted octanol–water partition coefficient (Wildman–Crippen LogP) is 3.71. The zero-order valence-corrected chi connectivity index (χ0v) is 18.2. The zero-order chi connectivity index (χ0) is 22.1. The number of aromatic nitrogens is 1. The highest BCUT2D eigenvalue weighted by Crippen LogP contribution is 2.15. The fraction of sp³-hybridized carbons (Fsp3) is 0.500. The normalized spacial score (nSPS) is 12.1. The van der Waals surface area contributed by atoms with Gasteiger partial charge in [-0.1, -0.05) is 25.1 Å². The van der Waals surface area contributed by atoms with Gasteiger partial charge in [-0.3, -0.25) is 9.59 Å². The van der Waals surface area contributed by atoms with Gasteiger partial charge in [-0.2, -0.15) is 0 Å². The van der Waals surface area contributed by atoms with E-state index < -0.39 is 5.82 Å². The third kappa shape index (κ3) is 6.95. The summed E-state index contributed by atoms with van der Waals surface area (Å²) in [6.45, 7) is 10.6. The van der Waals surface area contributed by atoms with Crippen molar-refractivity contribution in [1.29, 1.82) is 0 Å². The number of hydrogen-bond acceptors (Lipinski definition) is 5. The Balaban J connectivity index is 2.10. The lowest BCUT2D eigenvalue weighted by Gasteiger charge is -2.29. The third-order valence-electron chi connectivity index (χ3n) is 5.06. The molecule has 0 spiro atoms. The molecule has 2 amide bonds. The number of aryl methyl sites for hydroxylation is 1. The van der Waals surface area contributed by atoms with Gasteiger partial charge in [-0.15, -0.1) is 0 Å². The van der Waals surface area contributed by atoms with Gasteiger partial charge in [0.15, 0.2) is 5.82 Å². The second kappa shape index (κ2) is 11.4. The van der Waals surface area contributed by atoms with E-state index in [1.54, 1.807) is 19.1 Å². The summed E-state index contributed by atoms with van der Waals surface area (Å²) in [5, 5.41) is 6.38. The summed E-state index contributed by atoms with van der Waals surface area (Å²) in [5.41, 5.74) is 0.218. The van der Waals surface area contributed by atoms with Crippen molar-refractivity contribution in [3.05, 3.63) is 47.5 Å². The molecule has 1 heterocycles. The van der Waals surface area contributed by atoms with Crippen LogP contribution in [0.2, 0.25) is 0 Å². The summed E-state index contributed by atoms with van der Waals surface area (Å²) in [6, 6.07) is 6.93. The Kier molecular flexibility index (Phi) is 8.98. The molecule has 0 saturated carbocycles. The summed E-state index contributed by atoms with van der Waals surface area (Å²) in [7, 11) is 0. The van der Waals surface area contributed by atoms with Crippen LogP contribution in [0.25, 0.3) is 0 Å². The maximum Gasteiger partial charge on any atom is 0.254 e. The van der Waals surface area contributed by atoms with Gasteiger partial charge < -0.3 is 19.6 Å². The van der Waals surface area contributed by atoms with E-state index in [-0.39, 0.29) is 30.0 Å². The smallest absolute Gasteiger partial charge is 0.254 e. The first-order chi connectivity index (χ1) is 14.3. The van der Waals surface area contributed by atoms with Crippen molar-refractivity contribution in [2.75, 3.05) is 31.5 Å². The van der Waals surface area contributed by atoms with Gasteiger partial charge in [-0.25, -0.2) is 4.39 Å². The molecule has 2 rings (SSSR count). The van der Waals surface area contributed by atoms with Gasteiger partial charge in [-0.05, 0) is 64.5 Å². The van der Waals surface area contributed by atoms with E-state index in [1.165, 1.54) is 23.1 Å². The summed E-state index contributed by atoms with van der Waals surface area (Å²) >= 11 is 0. The van der Waals surface area contributed by atoms with Crippen LogP contribution in [0.15, 0.2) is 34.9 Å². The first kappa shape index (κ1) is 23.5. The first-order valence-corrected chi connectivity index (χ1v) is 10.4. The number of benzene rings is 1.